The van der Waals surface area contributed by atoms with E-state index in [0.717, 1.165) is 27.5 Å². The molecule has 1 aliphatic rings. The van der Waals surface area contributed by atoms with E-state index in [4.69, 9.17) is 4.74 Å². The standard InChI is InChI=1S/C14H17F3OTe/c1-2-12-7-10(8-18-12)9-19-13-5-3-11(4-6-13)14(15,16)17/h3-6,10,12H,2,7-9H2,1H3. The van der Waals surface area contributed by atoms with E-state index in [0.29, 0.717) is 12.0 Å². The fourth-order valence-electron chi connectivity index (χ4n) is 2.13. The van der Waals surface area contributed by atoms with Crippen molar-refractivity contribution in [2.75, 3.05) is 6.61 Å². The number of halogens is 3. The van der Waals surface area contributed by atoms with Crippen molar-refractivity contribution in [3.8, 4) is 0 Å². The molecule has 0 saturated carbocycles. The summed E-state index contributed by atoms with van der Waals surface area (Å²) >= 11 is -0.395. The molecule has 1 aliphatic heterocycles. The van der Waals surface area contributed by atoms with Crippen molar-refractivity contribution >= 4 is 24.5 Å². The zero-order chi connectivity index (χ0) is 13.9. The molecule has 0 radical (unpaired) electrons. The summed E-state index contributed by atoms with van der Waals surface area (Å²) in [6.07, 6.45) is -1.67. The van der Waals surface area contributed by atoms with Crippen LogP contribution in [-0.2, 0) is 10.9 Å². The minimum atomic E-state index is -4.23. The maximum absolute atomic E-state index is 12.4. The number of hydrogen-bond acceptors (Lipinski definition) is 1. The van der Waals surface area contributed by atoms with E-state index in [2.05, 4.69) is 6.92 Å². The predicted octanol–water partition coefficient (Wildman–Crippen LogP) is 3.27. The number of alkyl halides is 3. The van der Waals surface area contributed by atoms with Crippen LogP contribution in [0.2, 0.25) is 4.47 Å². The quantitative estimate of drug-likeness (QED) is 0.723. The van der Waals surface area contributed by atoms with Gasteiger partial charge in [0.1, 0.15) is 0 Å². The van der Waals surface area contributed by atoms with Crippen molar-refractivity contribution in [3.05, 3.63) is 29.8 Å². The molecule has 2 atom stereocenters. The maximum atomic E-state index is 12.4. The van der Waals surface area contributed by atoms with Crippen molar-refractivity contribution in [3.63, 3.8) is 0 Å². The molecule has 1 saturated heterocycles. The molecule has 2 rings (SSSR count). The monoisotopic (exact) mass is 388 g/mol. The number of rotatable bonds is 4. The van der Waals surface area contributed by atoms with Crippen molar-refractivity contribution < 1.29 is 17.9 Å². The van der Waals surface area contributed by atoms with E-state index in [1.54, 1.807) is 12.1 Å². The molecule has 0 aliphatic carbocycles. The Bertz CT molecular complexity index is 402. The summed E-state index contributed by atoms with van der Waals surface area (Å²) in [5, 5.41) is 0. The third-order valence-electron chi connectivity index (χ3n) is 3.29. The van der Waals surface area contributed by atoms with Gasteiger partial charge in [-0.25, -0.2) is 0 Å². The van der Waals surface area contributed by atoms with E-state index in [1.807, 2.05) is 0 Å². The summed E-state index contributed by atoms with van der Waals surface area (Å²) in [5.74, 6) is 0.606. The Labute approximate surface area is 121 Å². The second-order valence-electron chi connectivity index (χ2n) is 4.80. The molecule has 2 unspecified atom stereocenters. The normalized spacial score (nSPS) is 23.8. The molecule has 1 fully saturated rings. The van der Waals surface area contributed by atoms with Crippen LogP contribution < -0.4 is 3.61 Å². The second-order valence-corrected chi connectivity index (χ2v) is 7.92. The van der Waals surface area contributed by atoms with Crippen molar-refractivity contribution in [2.45, 2.75) is 36.5 Å². The Hall–Kier alpha value is -0.240. The summed E-state index contributed by atoms with van der Waals surface area (Å²) in [6, 6.07) is 5.66. The molecule has 0 amide bonds. The Morgan fingerprint density at radius 2 is 1.95 bits per heavy atom. The molecule has 0 N–H and O–H groups in total. The van der Waals surface area contributed by atoms with Gasteiger partial charge < -0.3 is 0 Å². The van der Waals surface area contributed by atoms with Crippen molar-refractivity contribution in [2.24, 2.45) is 5.92 Å². The first kappa shape index (κ1) is 15.2. The Morgan fingerprint density at radius 1 is 1.26 bits per heavy atom. The van der Waals surface area contributed by atoms with Gasteiger partial charge in [-0.2, -0.15) is 0 Å². The van der Waals surface area contributed by atoms with E-state index in [9.17, 15) is 13.2 Å². The van der Waals surface area contributed by atoms with Crippen LogP contribution in [-0.4, -0.2) is 33.6 Å². The third kappa shape index (κ3) is 4.37. The van der Waals surface area contributed by atoms with E-state index >= 15 is 0 Å². The Balaban J connectivity index is 1.84. The van der Waals surface area contributed by atoms with Gasteiger partial charge in [-0.3, -0.25) is 0 Å². The molecular formula is C14H17F3OTe. The van der Waals surface area contributed by atoms with Crippen LogP contribution in [0.3, 0.4) is 0 Å². The molecule has 5 heteroatoms. The summed E-state index contributed by atoms with van der Waals surface area (Å²) in [7, 11) is 0. The van der Waals surface area contributed by atoms with Crippen LogP contribution in [0.5, 0.6) is 0 Å². The van der Waals surface area contributed by atoms with E-state index in [-0.39, 0.29) is 0 Å². The van der Waals surface area contributed by atoms with Gasteiger partial charge in [0.25, 0.3) is 0 Å². The number of ether oxygens (including phenoxy) is 1. The molecule has 1 aromatic rings. The second kappa shape index (κ2) is 6.47. The molecule has 106 valence electrons. The molecular weight excluding hydrogens is 369 g/mol. The third-order valence-corrected chi connectivity index (χ3v) is 6.84. The SMILES string of the molecule is CCC1CC(C[Te]c2ccc(C(F)(F)F)cc2)CO1. The minimum absolute atomic E-state index is 0.394. The van der Waals surface area contributed by atoms with Crippen LogP contribution in [0, 0.1) is 5.92 Å². The summed E-state index contributed by atoms with van der Waals surface area (Å²) in [5.41, 5.74) is -0.557. The Kier molecular flexibility index (Phi) is 5.16. The van der Waals surface area contributed by atoms with Gasteiger partial charge in [-0.05, 0) is 0 Å². The van der Waals surface area contributed by atoms with Crippen molar-refractivity contribution in [1.82, 2.24) is 0 Å². The topological polar surface area (TPSA) is 9.23 Å². The first-order chi connectivity index (χ1) is 8.99. The molecule has 19 heavy (non-hydrogen) atoms. The van der Waals surface area contributed by atoms with Crippen LogP contribution in [0.1, 0.15) is 25.3 Å². The van der Waals surface area contributed by atoms with Crippen LogP contribution in [0.4, 0.5) is 13.2 Å². The summed E-state index contributed by atoms with van der Waals surface area (Å²) in [4.78, 5) is 0. The van der Waals surface area contributed by atoms with Gasteiger partial charge in [0.2, 0.25) is 0 Å². The Morgan fingerprint density at radius 3 is 2.47 bits per heavy atom. The van der Waals surface area contributed by atoms with Crippen molar-refractivity contribution in [1.29, 1.82) is 0 Å². The van der Waals surface area contributed by atoms with E-state index < -0.39 is 32.7 Å². The fraction of sp³-hybridized carbons (Fsp3) is 0.571. The predicted molar refractivity (Wildman–Crippen MR) is 69.8 cm³/mol. The number of benzene rings is 1. The first-order valence-corrected chi connectivity index (χ1v) is 9.22. The molecule has 1 heterocycles. The van der Waals surface area contributed by atoms with Gasteiger partial charge in [0.15, 0.2) is 0 Å². The van der Waals surface area contributed by atoms with Crippen LogP contribution >= 0.6 is 0 Å². The van der Waals surface area contributed by atoms with Gasteiger partial charge in [0.05, 0.1) is 0 Å². The average molecular weight is 386 g/mol. The molecule has 1 nitrogen and oxygen atoms in total. The van der Waals surface area contributed by atoms with Crippen LogP contribution in [0.15, 0.2) is 24.3 Å². The number of hydrogen-bond donors (Lipinski definition) is 0. The fourth-order valence-corrected chi connectivity index (χ4v) is 4.96. The zero-order valence-corrected chi connectivity index (χ0v) is 13.1. The molecule has 0 spiro atoms. The van der Waals surface area contributed by atoms with E-state index in [1.165, 1.54) is 12.1 Å². The van der Waals surface area contributed by atoms with Gasteiger partial charge >= 0.3 is 121 Å². The molecule has 0 bridgehead atoms. The van der Waals surface area contributed by atoms with Gasteiger partial charge in [0, 0.05) is 0 Å². The van der Waals surface area contributed by atoms with Gasteiger partial charge in [-0.15, -0.1) is 0 Å². The molecule has 1 aromatic carbocycles. The van der Waals surface area contributed by atoms with Crippen LogP contribution in [0.25, 0.3) is 0 Å². The average Bonchev–Trinajstić information content (AvgIpc) is 2.84. The summed E-state index contributed by atoms with van der Waals surface area (Å²) in [6.45, 7) is 2.95. The molecule has 0 aromatic heterocycles. The first-order valence-electron chi connectivity index (χ1n) is 6.40. The van der Waals surface area contributed by atoms with Gasteiger partial charge in [-0.1, -0.05) is 0 Å². The summed E-state index contributed by atoms with van der Waals surface area (Å²) < 4.78 is 45.1. The zero-order valence-electron chi connectivity index (χ0n) is 10.7.